The fraction of sp³-hybridized carbons (Fsp3) is 0.188. The van der Waals surface area contributed by atoms with Crippen molar-refractivity contribution in [2.24, 2.45) is 0 Å². The summed E-state index contributed by atoms with van der Waals surface area (Å²) in [6, 6.07) is 7.52. The Labute approximate surface area is 153 Å². The lowest BCUT2D eigenvalue weighted by molar-refractivity contribution is -0.0498. The summed E-state index contributed by atoms with van der Waals surface area (Å²) in [5.74, 6) is -1.07. The molecule has 0 fully saturated rings. The molecule has 0 saturated heterocycles. The minimum absolute atomic E-state index is 0.00600. The molecule has 0 bridgehead atoms. The molecule has 0 unspecified atom stereocenters. The van der Waals surface area contributed by atoms with Crippen LogP contribution >= 0.6 is 11.6 Å². The quantitative estimate of drug-likeness (QED) is 0.738. The Hall–Kier alpha value is -2.39. The number of anilines is 1. The summed E-state index contributed by atoms with van der Waals surface area (Å²) in [5, 5.41) is -0.301. The predicted octanol–water partition coefficient (Wildman–Crippen LogP) is 3.84. The minimum atomic E-state index is -4.14. The molecule has 0 aliphatic heterocycles. The van der Waals surface area contributed by atoms with E-state index in [0.29, 0.717) is 0 Å². The van der Waals surface area contributed by atoms with Gasteiger partial charge in [0.15, 0.2) is 0 Å². The van der Waals surface area contributed by atoms with E-state index in [-0.39, 0.29) is 26.9 Å². The third-order valence-electron chi connectivity index (χ3n) is 3.25. The molecular formula is C16H14ClF2NO5S. The Kier molecular flexibility index (Phi) is 6.04. The van der Waals surface area contributed by atoms with Gasteiger partial charge in [-0.05, 0) is 37.3 Å². The van der Waals surface area contributed by atoms with Gasteiger partial charge in [0.2, 0.25) is 0 Å². The van der Waals surface area contributed by atoms with Crippen LogP contribution in [0.3, 0.4) is 0 Å². The number of ether oxygens (including phenoxy) is 2. The molecule has 1 N–H and O–H groups in total. The summed E-state index contributed by atoms with van der Waals surface area (Å²) in [4.78, 5) is 11.6. The molecule has 26 heavy (non-hydrogen) atoms. The Morgan fingerprint density at radius 3 is 2.46 bits per heavy atom. The Bertz CT molecular complexity index is 934. The van der Waals surface area contributed by atoms with E-state index >= 15 is 0 Å². The summed E-state index contributed by atoms with van der Waals surface area (Å²) in [5.41, 5.74) is 0.760. The van der Waals surface area contributed by atoms with Crippen LogP contribution in [0.5, 0.6) is 5.75 Å². The molecule has 0 aliphatic rings. The van der Waals surface area contributed by atoms with Gasteiger partial charge >= 0.3 is 12.6 Å². The standard InChI is InChI=1S/C16H14ClF2NO5S/c1-9-3-5-13(11(7-9)15(21)24-2)20-26(22,23)10-4-6-14(12(17)8-10)25-16(18)19/h3-8,16,20H,1-2H3. The van der Waals surface area contributed by atoms with E-state index in [9.17, 15) is 22.0 Å². The zero-order chi connectivity index (χ0) is 19.5. The Morgan fingerprint density at radius 2 is 1.88 bits per heavy atom. The number of carbonyl (C=O) groups is 1. The number of hydrogen-bond acceptors (Lipinski definition) is 5. The molecule has 140 valence electrons. The predicted molar refractivity (Wildman–Crippen MR) is 91.4 cm³/mol. The minimum Gasteiger partial charge on any atom is -0.465 e. The third-order valence-corrected chi connectivity index (χ3v) is 4.91. The van der Waals surface area contributed by atoms with Crippen LogP contribution < -0.4 is 9.46 Å². The van der Waals surface area contributed by atoms with Gasteiger partial charge in [0.25, 0.3) is 10.0 Å². The van der Waals surface area contributed by atoms with Gasteiger partial charge in [-0.1, -0.05) is 23.2 Å². The molecule has 0 spiro atoms. The van der Waals surface area contributed by atoms with Crippen LogP contribution in [-0.4, -0.2) is 28.1 Å². The number of aryl methyl sites for hydroxylation is 1. The molecule has 10 heteroatoms. The number of halogens is 3. The molecular weight excluding hydrogens is 392 g/mol. The van der Waals surface area contributed by atoms with Crippen molar-refractivity contribution >= 4 is 33.3 Å². The van der Waals surface area contributed by atoms with Crippen LogP contribution in [0.1, 0.15) is 15.9 Å². The number of benzene rings is 2. The zero-order valence-corrected chi connectivity index (χ0v) is 15.2. The fourth-order valence-electron chi connectivity index (χ4n) is 2.07. The fourth-order valence-corrected chi connectivity index (χ4v) is 3.47. The summed E-state index contributed by atoms with van der Waals surface area (Å²) < 4.78 is 60.6. The van der Waals surface area contributed by atoms with Crippen molar-refractivity contribution in [3.63, 3.8) is 0 Å². The van der Waals surface area contributed by atoms with Crippen LogP contribution in [0.15, 0.2) is 41.3 Å². The van der Waals surface area contributed by atoms with Gasteiger partial charge in [0, 0.05) is 0 Å². The van der Waals surface area contributed by atoms with Crippen molar-refractivity contribution in [2.45, 2.75) is 18.4 Å². The lowest BCUT2D eigenvalue weighted by atomic mass is 10.1. The molecule has 0 heterocycles. The van der Waals surface area contributed by atoms with E-state index in [1.54, 1.807) is 13.0 Å². The van der Waals surface area contributed by atoms with Gasteiger partial charge in [-0.3, -0.25) is 4.72 Å². The monoisotopic (exact) mass is 405 g/mol. The molecule has 0 atom stereocenters. The number of hydrogen-bond donors (Lipinski definition) is 1. The molecule has 0 aliphatic carbocycles. The second-order valence-corrected chi connectivity index (χ2v) is 7.21. The average Bonchev–Trinajstić information content (AvgIpc) is 2.57. The van der Waals surface area contributed by atoms with E-state index < -0.39 is 22.6 Å². The molecule has 6 nitrogen and oxygen atoms in total. The molecule has 2 aromatic rings. The van der Waals surface area contributed by atoms with E-state index in [1.807, 2.05) is 0 Å². The molecule has 0 amide bonds. The van der Waals surface area contributed by atoms with E-state index in [4.69, 9.17) is 11.6 Å². The third kappa shape index (κ3) is 4.61. The number of rotatable bonds is 6. The molecule has 2 aromatic carbocycles. The van der Waals surface area contributed by atoms with Crippen molar-refractivity contribution in [1.29, 1.82) is 0 Å². The van der Waals surface area contributed by atoms with Crippen molar-refractivity contribution in [3.8, 4) is 5.75 Å². The maximum Gasteiger partial charge on any atom is 0.387 e. The van der Waals surface area contributed by atoms with Gasteiger partial charge in [-0.15, -0.1) is 0 Å². The highest BCUT2D eigenvalue weighted by Crippen LogP contribution is 2.30. The van der Waals surface area contributed by atoms with Crippen molar-refractivity contribution in [3.05, 3.63) is 52.5 Å². The van der Waals surface area contributed by atoms with Crippen LogP contribution in [0, 0.1) is 6.92 Å². The van der Waals surface area contributed by atoms with Gasteiger partial charge in [-0.2, -0.15) is 8.78 Å². The first kappa shape index (κ1) is 19.9. The van der Waals surface area contributed by atoms with Gasteiger partial charge in [0.05, 0.1) is 28.3 Å². The normalized spacial score (nSPS) is 11.3. The molecule has 0 radical (unpaired) electrons. The number of methoxy groups -OCH3 is 1. The number of sulfonamides is 1. The highest BCUT2D eigenvalue weighted by molar-refractivity contribution is 7.92. The number of alkyl halides is 2. The van der Waals surface area contributed by atoms with Crippen LogP contribution in [-0.2, 0) is 14.8 Å². The van der Waals surface area contributed by atoms with E-state index in [2.05, 4.69) is 14.2 Å². The van der Waals surface area contributed by atoms with E-state index in [0.717, 1.165) is 23.8 Å². The summed E-state index contributed by atoms with van der Waals surface area (Å²) in [7, 11) is -2.97. The first-order chi connectivity index (χ1) is 12.1. The van der Waals surface area contributed by atoms with E-state index in [1.165, 1.54) is 19.2 Å². The lowest BCUT2D eigenvalue weighted by Crippen LogP contribution is -2.16. The highest BCUT2D eigenvalue weighted by atomic mass is 35.5. The first-order valence-electron chi connectivity index (χ1n) is 7.10. The average molecular weight is 406 g/mol. The molecule has 0 aromatic heterocycles. The van der Waals surface area contributed by atoms with Crippen molar-refractivity contribution in [2.75, 3.05) is 11.8 Å². The van der Waals surface area contributed by atoms with Crippen LogP contribution in [0.2, 0.25) is 5.02 Å². The first-order valence-corrected chi connectivity index (χ1v) is 8.96. The largest absolute Gasteiger partial charge is 0.465 e. The van der Waals surface area contributed by atoms with Gasteiger partial charge in [-0.25, -0.2) is 13.2 Å². The van der Waals surface area contributed by atoms with Crippen molar-refractivity contribution in [1.82, 2.24) is 0 Å². The molecule has 0 saturated carbocycles. The van der Waals surface area contributed by atoms with Crippen LogP contribution in [0.25, 0.3) is 0 Å². The Morgan fingerprint density at radius 1 is 1.19 bits per heavy atom. The summed E-state index contributed by atoms with van der Waals surface area (Å²) in [6.07, 6.45) is 0. The SMILES string of the molecule is COC(=O)c1cc(C)ccc1NS(=O)(=O)c1ccc(OC(F)F)c(Cl)c1. The maximum atomic E-state index is 12.5. The zero-order valence-electron chi connectivity index (χ0n) is 13.6. The van der Waals surface area contributed by atoms with Gasteiger partial charge in [0.1, 0.15) is 5.75 Å². The number of nitrogens with one attached hydrogen (secondary N) is 1. The topological polar surface area (TPSA) is 81.7 Å². The maximum absolute atomic E-state index is 12.5. The highest BCUT2D eigenvalue weighted by Gasteiger charge is 2.21. The molecule has 2 rings (SSSR count). The second kappa shape index (κ2) is 7.88. The number of carbonyl (C=O) groups excluding carboxylic acids is 1. The Balaban J connectivity index is 2.38. The lowest BCUT2D eigenvalue weighted by Gasteiger charge is -2.13. The number of esters is 1. The smallest absolute Gasteiger partial charge is 0.387 e. The summed E-state index contributed by atoms with van der Waals surface area (Å²) in [6.45, 7) is -1.37. The van der Waals surface area contributed by atoms with Crippen molar-refractivity contribution < 1.29 is 31.5 Å². The van der Waals surface area contributed by atoms with Gasteiger partial charge < -0.3 is 9.47 Å². The second-order valence-electron chi connectivity index (χ2n) is 5.12. The summed E-state index contributed by atoms with van der Waals surface area (Å²) >= 11 is 5.78. The van der Waals surface area contributed by atoms with Crippen LogP contribution in [0.4, 0.5) is 14.5 Å².